The highest BCUT2D eigenvalue weighted by atomic mass is 79.9. The Balaban J connectivity index is 1.40. The molecule has 0 spiro atoms. The predicted molar refractivity (Wildman–Crippen MR) is 107 cm³/mol. The Morgan fingerprint density at radius 3 is 2.89 bits per heavy atom. The fraction of sp³-hybridized carbons (Fsp3) is 0.250. The first kappa shape index (κ1) is 17.7. The van der Waals surface area contributed by atoms with E-state index >= 15 is 0 Å². The van der Waals surface area contributed by atoms with Crippen molar-refractivity contribution in [2.45, 2.75) is 12.8 Å². The fourth-order valence-corrected chi connectivity index (χ4v) is 3.75. The van der Waals surface area contributed by atoms with E-state index in [2.05, 4.69) is 31.4 Å². The van der Waals surface area contributed by atoms with Crippen LogP contribution in [-0.4, -0.2) is 35.1 Å². The highest BCUT2D eigenvalue weighted by Crippen LogP contribution is 2.31. The first-order valence-electron chi connectivity index (χ1n) is 8.87. The van der Waals surface area contributed by atoms with Gasteiger partial charge >= 0.3 is 0 Å². The summed E-state index contributed by atoms with van der Waals surface area (Å²) in [6, 6.07) is 15.8. The third-order valence-electron chi connectivity index (χ3n) is 4.81. The summed E-state index contributed by atoms with van der Waals surface area (Å²) in [6.45, 7) is 0.916. The number of aromatic amines is 1. The number of anilines is 1. The van der Waals surface area contributed by atoms with Crippen molar-refractivity contribution in [1.29, 1.82) is 0 Å². The van der Waals surface area contributed by atoms with E-state index in [-0.39, 0.29) is 24.2 Å². The highest BCUT2D eigenvalue weighted by Gasteiger charge is 2.36. The van der Waals surface area contributed by atoms with Crippen LogP contribution < -0.4 is 10.2 Å². The second-order valence-corrected chi connectivity index (χ2v) is 7.58. The number of halogens is 1. The summed E-state index contributed by atoms with van der Waals surface area (Å²) in [5, 5.41) is 11.1. The molecule has 1 fully saturated rings. The first-order valence-corrected chi connectivity index (χ1v) is 9.67. The molecule has 2 amide bonds. The van der Waals surface area contributed by atoms with Gasteiger partial charge in [0.25, 0.3) is 0 Å². The van der Waals surface area contributed by atoms with Gasteiger partial charge in [-0.15, -0.1) is 0 Å². The number of H-pyrrole nitrogens is 1. The Bertz CT molecular complexity index is 986. The minimum Gasteiger partial charge on any atom is -0.355 e. The molecule has 1 aromatic heterocycles. The molecule has 0 bridgehead atoms. The molecule has 138 valence electrons. The summed E-state index contributed by atoms with van der Waals surface area (Å²) in [4.78, 5) is 26.6. The molecule has 4 rings (SSSR count). The molecule has 0 aliphatic carbocycles. The Labute approximate surface area is 165 Å². The van der Waals surface area contributed by atoms with Gasteiger partial charge < -0.3 is 5.32 Å². The van der Waals surface area contributed by atoms with Crippen LogP contribution in [0.2, 0.25) is 0 Å². The van der Waals surface area contributed by atoms with Gasteiger partial charge in [0.15, 0.2) is 5.82 Å². The largest absolute Gasteiger partial charge is 0.355 e. The maximum atomic E-state index is 12.5. The molecule has 2 heterocycles. The number of aromatic nitrogens is 2. The van der Waals surface area contributed by atoms with Crippen molar-refractivity contribution in [2.75, 3.05) is 18.0 Å². The van der Waals surface area contributed by atoms with Crippen LogP contribution >= 0.6 is 15.9 Å². The molecule has 3 aromatic rings. The summed E-state index contributed by atoms with van der Waals surface area (Å²) in [5.41, 5.74) is 2.03. The summed E-state index contributed by atoms with van der Waals surface area (Å²) >= 11 is 3.43. The number of nitrogens with one attached hydrogen (secondary N) is 2. The van der Waals surface area contributed by atoms with E-state index < -0.39 is 0 Å². The fourth-order valence-electron chi connectivity index (χ4n) is 3.39. The van der Waals surface area contributed by atoms with Crippen molar-refractivity contribution in [1.82, 2.24) is 15.5 Å². The normalized spacial score (nSPS) is 16.9. The number of carbonyl (C=O) groups excluding carboxylic acids is 2. The van der Waals surface area contributed by atoms with Gasteiger partial charge in [0.2, 0.25) is 11.8 Å². The monoisotopic (exact) mass is 426 g/mol. The highest BCUT2D eigenvalue weighted by molar-refractivity contribution is 9.10. The lowest BCUT2D eigenvalue weighted by molar-refractivity contribution is -0.126. The molecule has 2 N–H and O–H groups in total. The van der Waals surface area contributed by atoms with Crippen LogP contribution in [0.25, 0.3) is 10.9 Å². The smallest absolute Gasteiger partial charge is 0.229 e. The lowest BCUT2D eigenvalue weighted by Gasteiger charge is -2.14. The van der Waals surface area contributed by atoms with Gasteiger partial charge in [-0.1, -0.05) is 46.3 Å². The summed E-state index contributed by atoms with van der Waals surface area (Å²) in [7, 11) is 0. The van der Waals surface area contributed by atoms with Crippen LogP contribution in [0.4, 0.5) is 5.82 Å². The molecule has 1 aliphatic heterocycles. The molecular weight excluding hydrogens is 408 g/mol. The number of carbonyl (C=O) groups is 2. The quantitative estimate of drug-likeness (QED) is 0.657. The van der Waals surface area contributed by atoms with E-state index in [1.165, 1.54) is 5.56 Å². The number of hydrogen-bond acceptors (Lipinski definition) is 3. The molecule has 7 heteroatoms. The van der Waals surface area contributed by atoms with Gasteiger partial charge in [0, 0.05) is 29.4 Å². The van der Waals surface area contributed by atoms with E-state index in [1.807, 2.05) is 48.5 Å². The van der Waals surface area contributed by atoms with Crippen molar-refractivity contribution >= 4 is 44.5 Å². The van der Waals surface area contributed by atoms with Crippen LogP contribution in [-0.2, 0) is 16.0 Å². The second-order valence-electron chi connectivity index (χ2n) is 6.67. The molecule has 1 aliphatic rings. The van der Waals surface area contributed by atoms with Crippen LogP contribution in [0.5, 0.6) is 0 Å². The van der Waals surface area contributed by atoms with Crippen molar-refractivity contribution < 1.29 is 9.59 Å². The summed E-state index contributed by atoms with van der Waals surface area (Å²) in [6.07, 6.45) is 0.984. The first-order chi connectivity index (χ1) is 13.1. The van der Waals surface area contributed by atoms with Crippen molar-refractivity contribution in [3.8, 4) is 0 Å². The third-order valence-corrected chi connectivity index (χ3v) is 5.31. The van der Waals surface area contributed by atoms with E-state index in [4.69, 9.17) is 0 Å². The van der Waals surface area contributed by atoms with Crippen molar-refractivity contribution in [3.63, 3.8) is 0 Å². The number of hydrogen-bond donors (Lipinski definition) is 2. The average molecular weight is 427 g/mol. The van der Waals surface area contributed by atoms with E-state index in [9.17, 15) is 9.59 Å². The van der Waals surface area contributed by atoms with Gasteiger partial charge in [-0.05, 0) is 30.2 Å². The average Bonchev–Trinajstić information content (AvgIpc) is 3.25. The number of amides is 2. The Kier molecular flexibility index (Phi) is 4.94. The number of fused-ring (bicyclic) bond motifs is 1. The standard InChI is InChI=1S/C20H19BrN4O2/c21-15-6-7-16-17(11-15)23-24-19(16)25-12-14(10-18(25)26)20(27)22-9-8-13-4-2-1-3-5-13/h1-7,11,14H,8-10,12H2,(H,22,27)(H,23,24)/t14-/m1/s1. The molecule has 2 aromatic carbocycles. The molecule has 6 nitrogen and oxygen atoms in total. The van der Waals surface area contributed by atoms with Crippen molar-refractivity contribution in [3.05, 3.63) is 58.6 Å². The zero-order chi connectivity index (χ0) is 18.8. The summed E-state index contributed by atoms with van der Waals surface area (Å²) < 4.78 is 0.939. The van der Waals surface area contributed by atoms with Gasteiger partial charge in [-0.3, -0.25) is 19.6 Å². The maximum absolute atomic E-state index is 12.5. The van der Waals surface area contributed by atoms with Gasteiger partial charge in [0.1, 0.15) is 0 Å². The Hall–Kier alpha value is -2.67. The van der Waals surface area contributed by atoms with Gasteiger partial charge in [-0.25, -0.2) is 0 Å². The van der Waals surface area contributed by atoms with E-state index in [1.54, 1.807) is 4.90 Å². The maximum Gasteiger partial charge on any atom is 0.229 e. The van der Waals surface area contributed by atoms with Crippen LogP contribution in [0.3, 0.4) is 0 Å². The molecule has 0 unspecified atom stereocenters. The van der Waals surface area contributed by atoms with E-state index in [0.29, 0.717) is 18.9 Å². The minimum atomic E-state index is -0.351. The van der Waals surface area contributed by atoms with Crippen LogP contribution in [0.15, 0.2) is 53.0 Å². The van der Waals surface area contributed by atoms with Gasteiger partial charge in [0.05, 0.1) is 11.4 Å². The third kappa shape index (κ3) is 3.73. The van der Waals surface area contributed by atoms with Crippen LogP contribution in [0.1, 0.15) is 12.0 Å². The lowest BCUT2D eigenvalue weighted by Crippen LogP contribution is -2.34. The lowest BCUT2D eigenvalue weighted by atomic mass is 10.1. The van der Waals surface area contributed by atoms with Gasteiger partial charge in [-0.2, -0.15) is 5.10 Å². The van der Waals surface area contributed by atoms with E-state index in [0.717, 1.165) is 21.8 Å². The number of nitrogens with zero attached hydrogens (tertiary/aromatic N) is 2. The predicted octanol–water partition coefficient (Wildman–Crippen LogP) is 3.04. The molecule has 27 heavy (non-hydrogen) atoms. The number of benzene rings is 2. The molecule has 0 radical (unpaired) electrons. The Morgan fingerprint density at radius 1 is 1.26 bits per heavy atom. The minimum absolute atomic E-state index is 0.0745. The molecule has 1 saturated heterocycles. The SMILES string of the molecule is O=C(NCCc1ccccc1)[C@@H]1CC(=O)N(c2n[nH]c3cc(Br)ccc23)C1. The van der Waals surface area contributed by atoms with Crippen molar-refractivity contribution in [2.24, 2.45) is 5.92 Å². The summed E-state index contributed by atoms with van der Waals surface area (Å²) in [5.74, 6) is 0.0800. The molecular formula is C20H19BrN4O2. The zero-order valence-electron chi connectivity index (χ0n) is 14.6. The Morgan fingerprint density at radius 2 is 2.07 bits per heavy atom. The topological polar surface area (TPSA) is 78.1 Å². The zero-order valence-corrected chi connectivity index (χ0v) is 16.2. The number of rotatable bonds is 5. The second kappa shape index (κ2) is 7.52. The molecule has 1 atom stereocenters. The molecule has 0 saturated carbocycles. The van der Waals surface area contributed by atoms with Crippen LogP contribution in [0, 0.1) is 5.92 Å².